The molecule has 3 aromatic rings. The molecule has 1 aliphatic carbocycles. The Hall–Kier alpha value is -3.60. The highest BCUT2D eigenvalue weighted by atomic mass is 15.3. The minimum absolute atomic E-state index is 0.555. The van der Waals surface area contributed by atoms with Gasteiger partial charge in [0.25, 0.3) is 0 Å². The fourth-order valence-corrected chi connectivity index (χ4v) is 3.72. The van der Waals surface area contributed by atoms with Crippen LogP contribution in [0.3, 0.4) is 0 Å². The predicted octanol–water partition coefficient (Wildman–Crippen LogP) is 5.02. The van der Waals surface area contributed by atoms with Crippen molar-refractivity contribution >= 4 is 22.8 Å². The third kappa shape index (κ3) is 3.25. The molecule has 0 bridgehead atoms. The second-order valence-corrected chi connectivity index (χ2v) is 7.57. The summed E-state index contributed by atoms with van der Waals surface area (Å²) >= 11 is 0. The van der Waals surface area contributed by atoms with Gasteiger partial charge in [-0.15, -0.1) is 0 Å². The van der Waals surface area contributed by atoms with E-state index in [9.17, 15) is 0 Å². The number of aromatic nitrogens is 2. The standard InChI is InChI=1S/C24H23N5/c1-16(19-14-25-29(15-19)21-6-5-7-21)26-20-12-10-18(11-13-20)24-23-9-4-3-8-22(23)17(2)27-28-24/h3-4,8-15,21,26-27H,1-2,5-7H2. The molecule has 0 spiro atoms. The number of benzene rings is 2. The molecule has 0 saturated heterocycles. The van der Waals surface area contributed by atoms with Gasteiger partial charge in [0.05, 0.1) is 23.6 Å². The van der Waals surface area contributed by atoms with E-state index in [1.807, 2.05) is 30.5 Å². The van der Waals surface area contributed by atoms with E-state index in [1.54, 1.807) is 0 Å². The molecule has 5 nitrogen and oxygen atoms in total. The van der Waals surface area contributed by atoms with E-state index in [1.165, 1.54) is 19.3 Å². The number of hydrogen-bond acceptors (Lipinski definition) is 4. The van der Waals surface area contributed by atoms with Gasteiger partial charge in [0.1, 0.15) is 0 Å². The van der Waals surface area contributed by atoms with Crippen LogP contribution in [0.4, 0.5) is 5.69 Å². The normalized spacial score (nSPS) is 15.7. The van der Waals surface area contributed by atoms with Crippen molar-refractivity contribution in [1.29, 1.82) is 0 Å². The molecule has 0 amide bonds. The summed E-state index contributed by atoms with van der Waals surface area (Å²) in [6, 6.07) is 17.0. The lowest BCUT2D eigenvalue weighted by Gasteiger charge is -2.25. The van der Waals surface area contributed by atoms with Gasteiger partial charge < -0.3 is 5.32 Å². The zero-order valence-corrected chi connectivity index (χ0v) is 16.2. The summed E-state index contributed by atoms with van der Waals surface area (Å²) in [6.07, 6.45) is 7.70. The molecule has 0 atom stereocenters. The van der Waals surface area contributed by atoms with E-state index in [0.29, 0.717) is 6.04 Å². The fraction of sp³-hybridized carbons (Fsp3) is 0.167. The van der Waals surface area contributed by atoms with E-state index < -0.39 is 0 Å². The van der Waals surface area contributed by atoms with Gasteiger partial charge in [-0.3, -0.25) is 10.1 Å². The van der Waals surface area contributed by atoms with E-state index in [4.69, 9.17) is 0 Å². The van der Waals surface area contributed by atoms with Gasteiger partial charge >= 0.3 is 0 Å². The number of fused-ring (bicyclic) bond motifs is 1. The van der Waals surface area contributed by atoms with Crippen LogP contribution in [0.15, 0.2) is 79.2 Å². The smallest absolute Gasteiger partial charge is 0.0984 e. The lowest BCUT2D eigenvalue weighted by Crippen LogP contribution is -2.19. The van der Waals surface area contributed by atoms with Crippen LogP contribution in [0.25, 0.3) is 11.4 Å². The highest BCUT2D eigenvalue weighted by Gasteiger charge is 2.20. The van der Waals surface area contributed by atoms with Crippen LogP contribution in [0.5, 0.6) is 0 Å². The second-order valence-electron chi connectivity index (χ2n) is 7.57. The largest absolute Gasteiger partial charge is 0.355 e. The van der Waals surface area contributed by atoms with Crippen LogP contribution in [0, 0.1) is 0 Å². The third-order valence-corrected chi connectivity index (χ3v) is 5.66. The molecular weight excluding hydrogens is 358 g/mol. The summed E-state index contributed by atoms with van der Waals surface area (Å²) in [7, 11) is 0. The molecule has 2 N–H and O–H groups in total. The van der Waals surface area contributed by atoms with Crippen molar-refractivity contribution in [3.63, 3.8) is 0 Å². The summed E-state index contributed by atoms with van der Waals surface area (Å²) in [4.78, 5) is 0. The zero-order chi connectivity index (χ0) is 19.8. The van der Waals surface area contributed by atoms with Crippen molar-refractivity contribution in [1.82, 2.24) is 15.2 Å². The van der Waals surface area contributed by atoms with Crippen LogP contribution in [-0.4, -0.2) is 15.5 Å². The maximum absolute atomic E-state index is 4.51. The van der Waals surface area contributed by atoms with Crippen molar-refractivity contribution in [2.24, 2.45) is 5.10 Å². The highest BCUT2D eigenvalue weighted by molar-refractivity contribution is 6.16. The van der Waals surface area contributed by atoms with Gasteiger partial charge in [-0.2, -0.15) is 10.2 Å². The van der Waals surface area contributed by atoms with Crippen LogP contribution < -0.4 is 10.7 Å². The van der Waals surface area contributed by atoms with E-state index in [0.717, 1.165) is 45.0 Å². The molecule has 0 unspecified atom stereocenters. The Bertz CT molecular complexity index is 1120. The first kappa shape index (κ1) is 17.5. The third-order valence-electron chi connectivity index (χ3n) is 5.66. The average Bonchev–Trinajstić information content (AvgIpc) is 3.18. The molecule has 5 heteroatoms. The van der Waals surface area contributed by atoms with Gasteiger partial charge in [0.2, 0.25) is 0 Å². The number of rotatable bonds is 5. The summed E-state index contributed by atoms with van der Waals surface area (Å²) in [6.45, 7) is 8.22. The van der Waals surface area contributed by atoms with Gasteiger partial charge in [-0.25, -0.2) is 0 Å². The minimum atomic E-state index is 0.555. The Morgan fingerprint density at radius 2 is 1.83 bits per heavy atom. The number of anilines is 1. The predicted molar refractivity (Wildman–Crippen MR) is 118 cm³/mol. The quantitative estimate of drug-likeness (QED) is 0.653. The van der Waals surface area contributed by atoms with Gasteiger partial charge in [-0.1, -0.05) is 49.6 Å². The summed E-state index contributed by atoms with van der Waals surface area (Å²) < 4.78 is 2.06. The van der Waals surface area contributed by atoms with E-state index in [2.05, 4.69) is 69.2 Å². The molecule has 1 fully saturated rings. The number of nitrogens with zero attached hydrogens (tertiary/aromatic N) is 3. The molecule has 2 heterocycles. The van der Waals surface area contributed by atoms with Gasteiger partial charge in [0, 0.05) is 39.8 Å². The maximum Gasteiger partial charge on any atom is 0.0984 e. The topological polar surface area (TPSA) is 54.2 Å². The first-order valence-electron chi connectivity index (χ1n) is 9.92. The monoisotopic (exact) mass is 381 g/mol. The number of hydrazone groups is 1. The molecule has 1 saturated carbocycles. The first-order chi connectivity index (χ1) is 14.2. The van der Waals surface area contributed by atoms with Crippen LogP contribution in [0.1, 0.15) is 47.6 Å². The van der Waals surface area contributed by atoms with Crippen molar-refractivity contribution in [2.45, 2.75) is 25.3 Å². The average molecular weight is 381 g/mol. The Kier molecular flexibility index (Phi) is 4.28. The lowest BCUT2D eigenvalue weighted by atomic mass is 9.93. The van der Waals surface area contributed by atoms with E-state index >= 15 is 0 Å². The molecular formula is C24H23N5. The zero-order valence-electron chi connectivity index (χ0n) is 16.2. The molecule has 2 aromatic carbocycles. The van der Waals surface area contributed by atoms with Crippen molar-refractivity contribution in [2.75, 3.05) is 5.32 Å². The molecule has 144 valence electrons. The molecule has 29 heavy (non-hydrogen) atoms. The van der Waals surface area contributed by atoms with E-state index in [-0.39, 0.29) is 0 Å². The van der Waals surface area contributed by atoms with Crippen molar-refractivity contribution in [3.8, 4) is 0 Å². The van der Waals surface area contributed by atoms with Crippen LogP contribution >= 0.6 is 0 Å². The number of nitrogens with one attached hydrogen (secondary N) is 2. The van der Waals surface area contributed by atoms with Crippen molar-refractivity contribution < 1.29 is 0 Å². The highest BCUT2D eigenvalue weighted by Crippen LogP contribution is 2.31. The lowest BCUT2D eigenvalue weighted by molar-refractivity contribution is 0.289. The Morgan fingerprint density at radius 3 is 2.55 bits per heavy atom. The Labute approximate surface area is 170 Å². The second kappa shape index (κ2) is 7.09. The molecule has 0 radical (unpaired) electrons. The Morgan fingerprint density at radius 1 is 1.07 bits per heavy atom. The van der Waals surface area contributed by atoms with Crippen LogP contribution in [0.2, 0.25) is 0 Å². The molecule has 5 rings (SSSR count). The fourth-order valence-electron chi connectivity index (χ4n) is 3.72. The Balaban J connectivity index is 1.32. The maximum atomic E-state index is 4.51. The van der Waals surface area contributed by atoms with Crippen molar-refractivity contribution in [3.05, 3.63) is 96.3 Å². The minimum Gasteiger partial charge on any atom is -0.355 e. The summed E-state index contributed by atoms with van der Waals surface area (Å²) in [5, 5.41) is 12.4. The number of hydrogen-bond donors (Lipinski definition) is 2. The van der Waals surface area contributed by atoms with Gasteiger partial charge in [-0.05, 0) is 31.4 Å². The molecule has 2 aliphatic rings. The summed E-state index contributed by atoms with van der Waals surface area (Å²) in [5.41, 5.74) is 10.8. The summed E-state index contributed by atoms with van der Waals surface area (Å²) in [5.74, 6) is 0. The van der Waals surface area contributed by atoms with Crippen LogP contribution in [-0.2, 0) is 0 Å². The molecule has 1 aromatic heterocycles. The molecule has 1 aliphatic heterocycles. The van der Waals surface area contributed by atoms with Gasteiger partial charge in [0.15, 0.2) is 0 Å². The SMILES string of the molecule is C=C(Nc1ccc(C2=NNC(=C)c3ccccc32)cc1)c1cnn(C2CCC2)c1. The first-order valence-corrected chi connectivity index (χ1v) is 9.92.